The molecule has 3 aromatic rings. The third-order valence-corrected chi connectivity index (χ3v) is 5.05. The quantitative estimate of drug-likeness (QED) is 0.202. The lowest BCUT2D eigenvalue weighted by Crippen LogP contribution is -2.18. The van der Waals surface area contributed by atoms with E-state index >= 15 is 0 Å². The number of amides is 1. The molecule has 0 unspecified atom stereocenters. The van der Waals surface area contributed by atoms with Gasteiger partial charge in [0, 0.05) is 5.56 Å². The van der Waals surface area contributed by atoms with Gasteiger partial charge in [-0.1, -0.05) is 39.8 Å². The second-order valence-corrected chi connectivity index (χ2v) is 8.86. The topological polar surface area (TPSA) is 77.0 Å². The molecule has 0 saturated carbocycles. The van der Waals surface area contributed by atoms with Crippen LogP contribution in [0.25, 0.3) is 0 Å². The Kier molecular flexibility index (Phi) is 8.19. The molecule has 6 nitrogen and oxygen atoms in total. The van der Waals surface area contributed by atoms with Crippen LogP contribution in [0.1, 0.15) is 66.0 Å². The number of ether oxygens (including phenoxy) is 2. The Morgan fingerprint density at radius 1 is 0.853 bits per heavy atom. The van der Waals surface area contributed by atoms with Crippen LogP contribution in [0.3, 0.4) is 0 Å². The molecule has 0 spiro atoms. The first-order valence-electron chi connectivity index (χ1n) is 11.3. The third-order valence-electron chi connectivity index (χ3n) is 5.05. The molecule has 3 rings (SSSR count). The minimum atomic E-state index is -0.451. The zero-order valence-electron chi connectivity index (χ0n) is 20.0. The van der Waals surface area contributed by atoms with E-state index in [9.17, 15) is 9.59 Å². The highest BCUT2D eigenvalue weighted by atomic mass is 16.5. The predicted molar refractivity (Wildman–Crippen MR) is 134 cm³/mol. The molecule has 0 heterocycles. The number of nitrogens with zero attached hydrogens (tertiary/aromatic N) is 1. The molecule has 0 aliphatic rings. The Morgan fingerprint density at radius 3 is 2.03 bits per heavy atom. The van der Waals surface area contributed by atoms with Gasteiger partial charge in [-0.2, -0.15) is 5.10 Å². The van der Waals surface area contributed by atoms with Crippen LogP contribution in [0.2, 0.25) is 0 Å². The third kappa shape index (κ3) is 7.04. The summed E-state index contributed by atoms with van der Waals surface area (Å²) >= 11 is 0. The minimum absolute atomic E-state index is 0.0292. The number of carbonyl (C=O) groups excluding carboxylic acids is 2. The molecule has 1 amide bonds. The van der Waals surface area contributed by atoms with E-state index in [4.69, 9.17) is 9.47 Å². The van der Waals surface area contributed by atoms with Crippen LogP contribution in [0, 0.1) is 0 Å². The normalized spacial score (nSPS) is 11.3. The standard InChI is InChI=1S/C28H30N2O4/c1-5-18-33-24-16-10-22(11-17-24)27(32)34-25-14-6-20(7-15-25)19-29-30-26(31)21-8-12-23(13-9-21)28(2,3)4/h6-17,19H,5,18H2,1-4H3,(H,30,31)/b29-19-. The van der Waals surface area contributed by atoms with Crippen LogP contribution in [0.4, 0.5) is 0 Å². The molecule has 34 heavy (non-hydrogen) atoms. The van der Waals surface area contributed by atoms with E-state index in [2.05, 4.69) is 31.3 Å². The molecule has 0 radical (unpaired) electrons. The molecular formula is C28H30N2O4. The van der Waals surface area contributed by atoms with Crippen LogP contribution in [0.15, 0.2) is 77.9 Å². The fourth-order valence-electron chi connectivity index (χ4n) is 3.05. The fourth-order valence-corrected chi connectivity index (χ4v) is 3.05. The summed E-state index contributed by atoms with van der Waals surface area (Å²) in [5.74, 6) is 0.397. The molecule has 0 fully saturated rings. The monoisotopic (exact) mass is 458 g/mol. The lowest BCUT2D eigenvalue weighted by molar-refractivity contribution is 0.0734. The van der Waals surface area contributed by atoms with Crippen molar-refractivity contribution in [1.29, 1.82) is 0 Å². The molecule has 0 saturated heterocycles. The van der Waals surface area contributed by atoms with Gasteiger partial charge in [0.05, 0.1) is 18.4 Å². The maximum absolute atomic E-state index is 12.3. The van der Waals surface area contributed by atoms with Crippen molar-refractivity contribution in [1.82, 2.24) is 5.43 Å². The van der Waals surface area contributed by atoms with E-state index in [0.29, 0.717) is 23.5 Å². The van der Waals surface area contributed by atoms with Gasteiger partial charge >= 0.3 is 5.97 Å². The van der Waals surface area contributed by atoms with Crippen LogP contribution < -0.4 is 14.9 Å². The second-order valence-electron chi connectivity index (χ2n) is 8.86. The number of carbonyl (C=O) groups is 2. The van der Waals surface area contributed by atoms with Gasteiger partial charge in [-0.3, -0.25) is 4.79 Å². The second kappa shape index (κ2) is 11.3. The predicted octanol–water partition coefficient (Wildman–Crippen LogP) is 5.76. The molecule has 0 aromatic heterocycles. The first kappa shape index (κ1) is 24.7. The molecule has 6 heteroatoms. The summed E-state index contributed by atoms with van der Waals surface area (Å²) in [6.45, 7) is 9.04. The highest BCUT2D eigenvalue weighted by Gasteiger charge is 2.14. The first-order valence-corrected chi connectivity index (χ1v) is 11.3. The van der Waals surface area contributed by atoms with Gasteiger partial charge in [0.1, 0.15) is 11.5 Å². The van der Waals surface area contributed by atoms with Crippen molar-refractivity contribution in [3.8, 4) is 11.5 Å². The van der Waals surface area contributed by atoms with Gasteiger partial charge in [0.25, 0.3) is 5.91 Å². The summed E-state index contributed by atoms with van der Waals surface area (Å²) in [7, 11) is 0. The number of hydrogen-bond donors (Lipinski definition) is 1. The van der Waals surface area contributed by atoms with E-state index in [1.165, 1.54) is 6.21 Å². The highest BCUT2D eigenvalue weighted by molar-refractivity contribution is 5.95. The number of benzene rings is 3. The number of hydrazone groups is 1. The fraction of sp³-hybridized carbons (Fsp3) is 0.250. The smallest absolute Gasteiger partial charge is 0.343 e. The zero-order valence-corrected chi connectivity index (χ0v) is 20.0. The molecule has 3 aromatic carbocycles. The minimum Gasteiger partial charge on any atom is -0.494 e. The van der Waals surface area contributed by atoms with Crippen molar-refractivity contribution < 1.29 is 19.1 Å². The molecule has 0 atom stereocenters. The number of nitrogens with one attached hydrogen (secondary N) is 1. The number of rotatable bonds is 8. The van der Waals surface area contributed by atoms with Gasteiger partial charge in [-0.15, -0.1) is 0 Å². The molecule has 0 aliphatic carbocycles. The largest absolute Gasteiger partial charge is 0.494 e. The summed E-state index contributed by atoms with van der Waals surface area (Å²) in [4.78, 5) is 24.6. The average molecular weight is 459 g/mol. The molecule has 0 aliphatic heterocycles. The Balaban J connectivity index is 1.52. The van der Waals surface area contributed by atoms with Crippen LogP contribution in [-0.4, -0.2) is 24.7 Å². The van der Waals surface area contributed by atoms with Crippen molar-refractivity contribution in [3.63, 3.8) is 0 Å². The van der Waals surface area contributed by atoms with E-state index < -0.39 is 5.97 Å². The maximum atomic E-state index is 12.3. The van der Waals surface area contributed by atoms with Gasteiger partial charge in [0.15, 0.2) is 0 Å². The number of hydrogen-bond acceptors (Lipinski definition) is 5. The summed E-state index contributed by atoms with van der Waals surface area (Å²) in [6.07, 6.45) is 2.45. The molecular weight excluding hydrogens is 428 g/mol. The van der Waals surface area contributed by atoms with Gasteiger partial charge in [0.2, 0.25) is 0 Å². The highest BCUT2D eigenvalue weighted by Crippen LogP contribution is 2.22. The van der Waals surface area contributed by atoms with Crippen molar-refractivity contribution in [2.24, 2.45) is 5.10 Å². The molecule has 0 bridgehead atoms. The summed E-state index contributed by atoms with van der Waals surface area (Å²) in [5.41, 5.74) is 5.44. The number of esters is 1. The Morgan fingerprint density at radius 2 is 1.44 bits per heavy atom. The van der Waals surface area contributed by atoms with Gasteiger partial charge < -0.3 is 9.47 Å². The maximum Gasteiger partial charge on any atom is 0.343 e. The van der Waals surface area contributed by atoms with Gasteiger partial charge in [-0.05, 0) is 83.6 Å². The van der Waals surface area contributed by atoms with Crippen molar-refractivity contribution >= 4 is 18.1 Å². The van der Waals surface area contributed by atoms with Gasteiger partial charge in [-0.25, -0.2) is 10.2 Å². The summed E-state index contributed by atoms with van der Waals surface area (Å²) in [5, 5.41) is 4.01. The Labute approximate surface area is 200 Å². The first-order chi connectivity index (χ1) is 16.3. The molecule has 176 valence electrons. The van der Waals surface area contributed by atoms with E-state index in [1.807, 2.05) is 19.1 Å². The van der Waals surface area contributed by atoms with Crippen LogP contribution in [-0.2, 0) is 5.41 Å². The summed E-state index contributed by atoms with van der Waals surface area (Å²) < 4.78 is 10.9. The zero-order chi connectivity index (χ0) is 24.6. The van der Waals surface area contributed by atoms with Crippen LogP contribution >= 0.6 is 0 Å². The van der Waals surface area contributed by atoms with E-state index in [1.54, 1.807) is 60.7 Å². The van der Waals surface area contributed by atoms with Crippen LogP contribution in [0.5, 0.6) is 11.5 Å². The lowest BCUT2D eigenvalue weighted by atomic mass is 9.87. The average Bonchev–Trinajstić information content (AvgIpc) is 2.83. The Hall–Kier alpha value is -3.93. The van der Waals surface area contributed by atoms with E-state index in [0.717, 1.165) is 23.3 Å². The van der Waals surface area contributed by atoms with Crippen molar-refractivity contribution in [3.05, 3.63) is 95.1 Å². The Bertz CT molecular complexity index is 1130. The van der Waals surface area contributed by atoms with Crippen molar-refractivity contribution in [2.75, 3.05) is 6.61 Å². The van der Waals surface area contributed by atoms with Crippen molar-refractivity contribution in [2.45, 2.75) is 39.5 Å². The SMILES string of the molecule is CCCOc1ccc(C(=O)Oc2ccc(/C=N\NC(=O)c3ccc(C(C)(C)C)cc3)cc2)cc1. The molecule has 1 N–H and O–H groups in total. The van der Waals surface area contributed by atoms with E-state index in [-0.39, 0.29) is 11.3 Å². The summed E-state index contributed by atoms with van der Waals surface area (Å²) in [6, 6.07) is 21.2. The lowest BCUT2D eigenvalue weighted by Gasteiger charge is -2.18.